The Bertz CT molecular complexity index is 992. The number of rotatable bonds is 7. The number of phenolic OH excluding ortho intramolecular Hbond substituents is 2. The van der Waals surface area contributed by atoms with Crippen molar-refractivity contribution in [2.24, 2.45) is 0 Å². The molecule has 0 heterocycles. The molecule has 0 radical (unpaired) electrons. The van der Waals surface area contributed by atoms with Crippen molar-refractivity contribution in [1.82, 2.24) is 4.90 Å². The molecule has 4 heteroatoms. The van der Waals surface area contributed by atoms with Crippen LogP contribution in [0.25, 0.3) is 0 Å². The number of hydrogen-bond acceptors (Lipinski definition) is 4. The summed E-state index contributed by atoms with van der Waals surface area (Å²) >= 11 is 1.82. The van der Waals surface area contributed by atoms with Crippen LogP contribution in [0.5, 0.6) is 11.5 Å². The highest BCUT2D eigenvalue weighted by molar-refractivity contribution is 7.98. The number of nitrogens with zero attached hydrogens (tertiary/aromatic N) is 1. The topological polar surface area (TPSA) is 43.7 Å². The third-order valence-corrected chi connectivity index (χ3v) is 7.77. The Hall–Kier alpha value is -1.65. The minimum atomic E-state index is -0.105. The van der Waals surface area contributed by atoms with Crippen LogP contribution >= 0.6 is 11.8 Å². The fourth-order valence-corrected chi connectivity index (χ4v) is 5.17. The smallest absolute Gasteiger partial charge is 0.120 e. The van der Waals surface area contributed by atoms with Gasteiger partial charge in [-0.15, -0.1) is 0 Å². The maximum Gasteiger partial charge on any atom is 0.120 e. The van der Waals surface area contributed by atoms with Crippen molar-refractivity contribution in [1.29, 1.82) is 0 Å². The lowest BCUT2D eigenvalue weighted by Crippen LogP contribution is -2.29. The number of hydrogen-bond donors (Lipinski definition) is 2. The molecule has 2 aromatic carbocycles. The highest BCUT2D eigenvalue weighted by Crippen LogP contribution is 2.40. The molecule has 37 heavy (non-hydrogen) atoms. The number of benzene rings is 2. The summed E-state index contributed by atoms with van der Waals surface area (Å²) in [6.45, 7) is 28.6. The molecule has 2 rings (SSSR count). The summed E-state index contributed by atoms with van der Waals surface area (Å²) in [6.07, 6.45) is 2.13. The summed E-state index contributed by atoms with van der Waals surface area (Å²) in [7, 11) is 0. The Morgan fingerprint density at radius 1 is 0.595 bits per heavy atom. The fraction of sp³-hybridized carbons (Fsp3) is 0.636. The fourth-order valence-electron chi connectivity index (χ4n) is 4.73. The summed E-state index contributed by atoms with van der Waals surface area (Å²) in [4.78, 5) is 2.39. The first-order valence-corrected chi connectivity index (χ1v) is 15.0. The van der Waals surface area contributed by atoms with E-state index in [1.807, 2.05) is 23.9 Å². The van der Waals surface area contributed by atoms with E-state index in [2.05, 4.69) is 106 Å². The third kappa shape index (κ3) is 8.17. The summed E-state index contributed by atoms with van der Waals surface area (Å²) in [5.74, 6) is 1.72. The van der Waals surface area contributed by atoms with Crippen LogP contribution in [0.4, 0.5) is 0 Å². The quantitative estimate of drug-likeness (QED) is 0.378. The molecular weight excluding hydrogens is 474 g/mol. The van der Waals surface area contributed by atoms with Crippen molar-refractivity contribution in [2.75, 3.05) is 18.6 Å². The summed E-state index contributed by atoms with van der Waals surface area (Å²) < 4.78 is 0. The number of thioether (sulfide) groups is 1. The maximum absolute atomic E-state index is 11.3. The van der Waals surface area contributed by atoms with E-state index in [1.165, 1.54) is 11.1 Å². The summed E-state index contributed by atoms with van der Waals surface area (Å²) in [6, 6.07) is 8.48. The van der Waals surface area contributed by atoms with Crippen molar-refractivity contribution in [3.8, 4) is 11.5 Å². The van der Waals surface area contributed by atoms with E-state index in [-0.39, 0.29) is 21.7 Å². The predicted octanol–water partition coefficient (Wildman–Crippen LogP) is 8.65. The standard InChI is InChI=1S/C33H53NO2S/c1-30(2,3)22-16-26(32(7,8)9)24(28(35)18-22)20-34(14-15-37-13)21-25-27(33(10,11)12)17-23(19-29(25)36)31(4,5)6/h16-19,35-36H,14-15,20-21H2,1-13H3. The molecule has 0 aliphatic carbocycles. The monoisotopic (exact) mass is 527 g/mol. The largest absolute Gasteiger partial charge is 0.508 e. The molecule has 0 aromatic heterocycles. The molecule has 0 unspecified atom stereocenters. The second-order valence-electron chi connectivity index (χ2n) is 14.7. The number of phenols is 2. The lowest BCUT2D eigenvalue weighted by molar-refractivity contribution is 0.261. The van der Waals surface area contributed by atoms with E-state index < -0.39 is 0 Å². The van der Waals surface area contributed by atoms with Crippen LogP contribution < -0.4 is 0 Å². The van der Waals surface area contributed by atoms with Gasteiger partial charge in [-0.2, -0.15) is 11.8 Å². The van der Waals surface area contributed by atoms with Gasteiger partial charge in [-0.25, -0.2) is 0 Å². The van der Waals surface area contributed by atoms with Gasteiger partial charge in [0.15, 0.2) is 0 Å². The summed E-state index contributed by atoms with van der Waals surface area (Å²) in [5.41, 5.74) is 6.37. The molecule has 0 spiro atoms. The van der Waals surface area contributed by atoms with E-state index in [0.29, 0.717) is 24.6 Å². The molecule has 0 bridgehead atoms. The van der Waals surface area contributed by atoms with E-state index in [0.717, 1.165) is 34.6 Å². The lowest BCUT2D eigenvalue weighted by Gasteiger charge is -2.33. The van der Waals surface area contributed by atoms with Gasteiger partial charge in [0.05, 0.1) is 0 Å². The van der Waals surface area contributed by atoms with Crippen molar-refractivity contribution >= 4 is 11.8 Å². The van der Waals surface area contributed by atoms with E-state index in [9.17, 15) is 10.2 Å². The Labute approximate surface area is 232 Å². The predicted molar refractivity (Wildman–Crippen MR) is 164 cm³/mol. The first-order chi connectivity index (χ1) is 16.7. The average Bonchev–Trinajstić information content (AvgIpc) is 2.70. The lowest BCUT2D eigenvalue weighted by atomic mass is 9.77. The van der Waals surface area contributed by atoms with Crippen molar-refractivity contribution < 1.29 is 10.2 Å². The Kier molecular flexibility index (Phi) is 9.57. The zero-order valence-electron chi connectivity index (χ0n) is 25.9. The maximum atomic E-state index is 11.3. The van der Waals surface area contributed by atoms with Crippen molar-refractivity contribution in [3.05, 3.63) is 57.6 Å². The molecule has 0 saturated heterocycles. The SMILES string of the molecule is CSCCN(Cc1c(O)cc(C(C)(C)C)cc1C(C)(C)C)Cc1c(O)cc(C(C)(C)C)cc1C(C)(C)C. The van der Waals surface area contributed by atoms with Crippen LogP contribution in [0.15, 0.2) is 24.3 Å². The van der Waals surface area contributed by atoms with Crippen molar-refractivity contribution in [3.63, 3.8) is 0 Å². The Morgan fingerprint density at radius 3 is 1.22 bits per heavy atom. The molecule has 0 fully saturated rings. The molecule has 0 saturated carbocycles. The van der Waals surface area contributed by atoms with Crippen LogP contribution in [0, 0.1) is 0 Å². The Morgan fingerprint density at radius 2 is 0.946 bits per heavy atom. The van der Waals surface area contributed by atoms with Gasteiger partial charge in [0.1, 0.15) is 11.5 Å². The van der Waals surface area contributed by atoms with Crippen LogP contribution in [-0.4, -0.2) is 33.7 Å². The van der Waals surface area contributed by atoms with Crippen LogP contribution in [0.2, 0.25) is 0 Å². The minimum absolute atomic E-state index is 0.0449. The van der Waals surface area contributed by atoms with Gasteiger partial charge in [-0.1, -0.05) is 95.2 Å². The molecule has 208 valence electrons. The van der Waals surface area contributed by atoms with Gasteiger partial charge in [0.25, 0.3) is 0 Å². The molecule has 2 aromatic rings. The highest BCUT2D eigenvalue weighted by Gasteiger charge is 2.29. The van der Waals surface area contributed by atoms with E-state index >= 15 is 0 Å². The van der Waals surface area contributed by atoms with Gasteiger partial charge in [-0.3, -0.25) is 4.90 Å². The first-order valence-electron chi connectivity index (χ1n) is 13.6. The van der Waals surface area contributed by atoms with Gasteiger partial charge in [0, 0.05) is 36.5 Å². The van der Waals surface area contributed by atoms with E-state index in [4.69, 9.17) is 0 Å². The average molecular weight is 528 g/mol. The van der Waals surface area contributed by atoms with Crippen LogP contribution in [-0.2, 0) is 34.7 Å². The molecular formula is C33H53NO2S. The van der Waals surface area contributed by atoms with Crippen LogP contribution in [0.1, 0.15) is 116 Å². The normalized spacial score (nSPS) is 13.5. The summed E-state index contributed by atoms with van der Waals surface area (Å²) in [5, 5.41) is 22.6. The minimum Gasteiger partial charge on any atom is -0.508 e. The second kappa shape index (κ2) is 11.2. The van der Waals surface area contributed by atoms with Crippen LogP contribution in [0.3, 0.4) is 0 Å². The molecule has 0 atom stereocenters. The van der Waals surface area contributed by atoms with E-state index in [1.54, 1.807) is 0 Å². The second-order valence-corrected chi connectivity index (χ2v) is 15.7. The molecule has 0 amide bonds. The van der Waals surface area contributed by atoms with Gasteiger partial charge in [-0.05, 0) is 62.3 Å². The van der Waals surface area contributed by atoms with Crippen molar-refractivity contribution in [2.45, 2.75) is 118 Å². The zero-order valence-corrected chi connectivity index (χ0v) is 26.7. The van der Waals surface area contributed by atoms with Gasteiger partial charge < -0.3 is 10.2 Å². The first kappa shape index (κ1) is 31.6. The van der Waals surface area contributed by atoms with Gasteiger partial charge in [0.2, 0.25) is 0 Å². The Balaban J connectivity index is 2.64. The van der Waals surface area contributed by atoms with Gasteiger partial charge >= 0.3 is 0 Å². The molecule has 0 aliphatic heterocycles. The molecule has 3 nitrogen and oxygen atoms in total. The third-order valence-electron chi connectivity index (χ3n) is 7.18. The molecule has 2 N–H and O–H groups in total. The molecule has 0 aliphatic rings. The highest BCUT2D eigenvalue weighted by atomic mass is 32.2. The zero-order chi connectivity index (χ0) is 28.6. The number of aromatic hydroxyl groups is 2.